The number of halogens is 1. The van der Waals surface area contributed by atoms with Crippen molar-refractivity contribution in [3.63, 3.8) is 0 Å². The average molecular weight is 304 g/mol. The van der Waals surface area contributed by atoms with Crippen LogP contribution in [0.1, 0.15) is 44.1 Å². The summed E-state index contributed by atoms with van der Waals surface area (Å²) in [5.41, 5.74) is 1.14. The van der Waals surface area contributed by atoms with Crippen LogP contribution in [-0.4, -0.2) is 36.5 Å². The summed E-state index contributed by atoms with van der Waals surface area (Å²) in [6.07, 6.45) is 3.83. The summed E-state index contributed by atoms with van der Waals surface area (Å²) in [5, 5.41) is 3.35. The van der Waals surface area contributed by atoms with E-state index in [-0.39, 0.29) is 17.8 Å². The fourth-order valence-electron chi connectivity index (χ4n) is 3.79. The van der Waals surface area contributed by atoms with Gasteiger partial charge in [0, 0.05) is 24.9 Å². The summed E-state index contributed by atoms with van der Waals surface area (Å²) in [5.74, 6) is 1.08. The Kier molecular flexibility index (Phi) is 4.77. The Bertz CT molecular complexity index is 510. The lowest BCUT2D eigenvalue weighted by Crippen LogP contribution is -2.34. The van der Waals surface area contributed by atoms with Gasteiger partial charge in [0.2, 0.25) is 5.91 Å². The summed E-state index contributed by atoms with van der Waals surface area (Å²) < 4.78 is 13.0. The van der Waals surface area contributed by atoms with Crippen molar-refractivity contribution in [2.45, 2.75) is 44.6 Å². The second-order valence-corrected chi connectivity index (χ2v) is 6.78. The molecule has 0 saturated carbocycles. The normalized spacial score (nSPS) is 28.3. The molecule has 0 bridgehead atoms. The van der Waals surface area contributed by atoms with E-state index in [0.29, 0.717) is 18.3 Å². The van der Waals surface area contributed by atoms with Crippen molar-refractivity contribution in [1.29, 1.82) is 0 Å². The third-order valence-corrected chi connectivity index (χ3v) is 5.17. The molecule has 0 aromatic heterocycles. The van der Waals surface area contributed by atoms with Gasteiger partial charge >= 0.3 is 0 Å². The predicted octanol–water partition coefficient (Wildman–Crippen LogP) is 2.92. The van der Waals surface area contributed by atoms with Crippen molar-refractivity contribution in [3.05, 3.63) is 35.6 Å². The number of carbonyl (C=O) groups excluding carboxylic acids is 1. The maximum atomic E-state index is 13.0. The van der Waals surface area contributed by atoms with Crippen molar-refractivity contribution in [2.24, 2.45) is 5.92 Å². The van der Waals surface area contributed by atoms with E-state index in [2.05, 4.69) is 12.2 Å². The van der Waals surface area contributed by atoms with E-state index in [1.165, 1.54) is 18.6 Å². The molecule has 120 valence electrons. The fourth-order valence-corrected chi connectivity index (χ4v) is 3.79. The number of hydrogen-bond donors (Lipinski definition) is 1. The molecule has 0 radical (unpaired) electrons. The highest BCUT2D eigenvalue weighted by Gasteiger charge is 2.33. The zero-order valence-corrected chi connectivity index (χ0v) is 13.2. The van der Waals surface area contributed by atoms with Gasteiger partial charge in [-0.25, -0.2) is 4.39 Å². The Morgan fingerprint density at radius 2 is 2.14 bits per heavy atom. The number of hydrogen-bond acceptors (Lipinski definition) is 2. The van der Waals surface area contributed by atoms with Crippen LogP contribution in [0.3, 0.4) is 0 Å². The van der Waals surface area contributed by atoms with Crippen molar-refractivity contribution in [2.75, 3.05) is 19.6 Å². The lowest BCUT2D eigenvalue weighted by molar-refractivity contribution is -0.132. The molecule has 3 rings (SSSR count). The van der Waals surface area contributed by atoms with Crippen LogP contribution in [0.25, 0.3) is 0 Å². The highest BCUT2D eigenvalue weighted by molar-refractivity contribution is 5.77. The van der Waals surface area contributed by atoms with Gasteiger partial charge in [0.25, 0.3) is 0 Å². The van der Waals surface area contributed by atoms with Gasteiger partial charge in [-0.1, -0.05) is 12.1 Å². The summed E-state index contributed by atoms with van der Waals surface area (Å²) >= 11 is 0. The van der Waals surface area contributed by atoms with Crippen LogP contribution in [0.15, 0.2) is 24.3 Å². The molecule has 1 aromatic rings. The number of rotatable bonds is 4. The van der Waals surface area contributed by atoms with E-state index >= 15 is 0 Å². The van der Waals surface area contributed by atoms with Gasteiger partial charge in [0.15, 0.2) is 0 Å². The number of benzene rings is 1. The maximum Gasteiger partial charge on any atom is 0.222 e. The number of nitrogens with one attached hydrogen (secondary N) is 1. The fraction of sp³-hybridized carbons (Fsp3) is 0.611. The summed E-state index contributed by atoms with van der Waals surface area (Å²) in [6.45, 7) is 5.04. The molecule has 3 atom stereocenters. The van der Waals surface area contributed by atoms with E-state index in [0.717, 1.165) is 38.0 Å². The minimum atomic E-state index is -0.201. The molecule has 2 heterocycles. The van der Waals surface area contributed by atoms with E-state index in [4.69, 9.17) is 0 Å². The standard InChI is InChI=1S/C18H25FN2O/c1-13-10-16(15-3-5-17(19)6-4-15)12-21(13)18(22)7-2-14-8-9-20-11-14/h3-6,13-14,16,20H,2,7-12H2,1H3. The Morgan fingerprint density at radius 1 is 1.36 bits per heavy atom. The molecule has 0 aliphatic carbocycles. The summed E-state index contributed by atoms with van der Waals surface area (Å²) in [6, 6.07) is 7.01. The van der Waals surface area contributed by atoms with Gasteiger partial charge in [0.05, 0.1) is 0 Å². The molecule has 1 amide bonds. The monoisotopic (exact) mass is 304 g/mol. The summed E-state index contributed by atoms with van der Waals surface area (Å²) in [7, 11) is 0. The first-order valence-electron chi connectivity index (χ1n) is 8.39. The molecule has 0 spiro atoms. The molecule has 3 unspecified atom stereocenters. The molecular weight excluding hydrogens is 279 g/mol. The van der Waals surface area contributed by atoms with Gasteiger partial charge in [-0.2, -0.15) is 0 Å². The molecule has 3 nitrogen and oxygen atoms in total. The number of amides is 1. The second kappa shape index (κ2) is 6.78. The van der Waals surface area contributed by atoms with Crippen LogP contribution in [0, 0.1) is 11.7 Å². The van der Waals surface area contributed by atoms with E-state index in [1.54, 1.807) is 0 Å². The molecule has 4 heteroatoms. The summed E-state index contributed by atoms with van der Waals surface area (Å²) in [4.78, 5) is 14.5. The van der Waals surface area contributed by atoms with Crippen LogP contribution >= 0.6 is 0 Å². The maximum absolute atomic E-state index is 13.0. The molecule has 2 fully saturated rings. The highest BCUT2D eigenvalue weighted by atomic mass is 19.1. The van der Waals surface area contributed by atoms with Crippen LogP contribution < -0.4 is 5.32 Å². The van der Waals surface area contributed by atoms with Crippen LogP contribution in [0.4, 0.5) is 4.39 Å². The molecule has 2 aliphatic heterocycles. The van der Waals surface area contributed by atoms with Crippen LogP contribution in [0.2, 0.25) is 0 Å². The number of nitrogens with zero attached hydrogens (tertiary/aromatic N) is 1. The van der Waals surface area contributed by atoms with Crippen molar-refractivity contribution < 1.29 is 9.18 Å². The first-order valence-corrected chi connectivity index (χ1v) is 8.39. The topological polar surface area (TPSA) is 32.3 Å². The van der Waals surface area contributed by atoms with Crippen LogP contribution in [-0.2, 0) is 4.79 Å². The van der Waals surface area contributed by atoms with Crippen molar-refractivity contribution in [1.82, 2.24) is 10.2 Å². The largest absolute Gasteiger partial charge is 0.339 e. The molecule has 1 N–H and O–H groups in total. The second-order valence-electron chi connectivity index (χ2n) is 6.78. The van der Waals surface area contributed by atoms with E-state index < -0.39 is 0 Å². The molecule has 1 aromatic carbocycles. The first-order chi connectivity index (χ1) is 10.6. The molecular formula is C18H25FN2O. The van der Waals surface area contributed by atoms with Crippen molar-refractivity contribution >= 4 is 5.91 Å². The Balaban J connectivity index is 1.55. The minimum Gasteiger partial charge on any atom is -0.339 e. The SMILES string of the molecule is CC1CC(c2ccc(F)cc2)CN1C(=O)CCC1CCNC1. The van der Waals surface area contributed by atoms with Gasteiger partial charge < -0.3 is 10.2 Å². The zero-order chi connectivity index (χ0) is 15.5. The van der Waals surface area contributed by atoms with Gasteiger partial charge in [-0.05, 0) is 62.9 Å². The highest BCUT2D eigenvalue weighted by Crippen LogP contribution is 2.32. The minimum absolute atomic E-state index is 0.201. The number of carbonyl (C=O) groups is 1. The van der Waals surface area contributed by atoms with E-state index in [9.17, 15) is 9.18 Å². The number of likely N-dealkylation sites (tertiary alicyclic amines) is 1. The lowest BCUT2D eigenvalue weighted by Gasteiger charge is -2.22. The smallest absolute Gasteiger partial charge is 0.222 e. The Labute approximate surface area is 131 Å². The van der Waals surface area contributed by atoms with Crippen molar-refractivity contribution in [3.8, 4) is 0 Å². The quantitative estimate of drug-likeness (QED) is 0.927. The predicted molar refractivity (Wildman–Crippen MR) is 85.1 cm³/mol. The van der Waals surface area contributed by atoms with Gasteiger partial charge in [-0.15, -0.1) is 0 Å². The van der Waals surface area contributed by atoms with E-state index in [1.807, 2.05) is 17.0 Å². The Hall–Kier alpha value is -1.42. The third kappa shape index (κ3) is 3.49. The van der Waals surface area contributed by atoms with Gasteiger partial charge in [-0.3, -0.25) is 4.79 Å². The third-order valence-electron chi connectivity index (χ3n) is 5.17. The zero-order valence-electron chi connectivity index (χ0n) is 13.2. The average Bonchev–Trinajstić information content (AvgIpc) is 3.15. The van der Waals surface area contributed by atoms with Gasteiger partial charge in [0.1, 0.15) is 5.82 Å². The molecule has 2 aliphatic rings. The lowest BCUT2D eigenvalue weighted by atomic mass is 9.97. The molecule has 22 heavy (non-hydrogen) atoms. The first kappa shape index (κ1) is 15.5. The van der Waals surface area contributed by atoms with Crippen LogP contribution in [0.5, 0.6) is 0 Å². The molecule has 2 saturated heterocycles. The Morgan fingerprint density at radius 3 is 2.82 bits per heavy atom.